The number of hydrogen-bond donors (Lipinski definition) is 1. The second-order valence-corrected chi connectivity index (χ2v) is 8.27. The molecule has 2 fully saturated rings. The number of fused-ring (bicyclic) bond motifs is 4. The van der Waals surface area contributed by atoms with Crippen LogP contribution in [0.1, 0.15) is 36.8 Å². The molecule has 2 aromatic carbocycles. The number of rotatable bonds is 5. The van der Waals surface area contributed by atoms with Crippen LogP contribution in [0.15, 0.2) is 42.5 Å². The van der Waals surface area contributed by atoms with E-state index < -0.39 is 17.5 Å². The molecular weight excluding hydrogens is 398 g/mol. The average Bonchev–Trinajstić information content (AvgIpc) is 3.42. The van der Waals surface area contributed by atoms with Crippen LogP contribution in [0.3, 0.4) is 0 Å². The number of nitro groups is 1. The molecule has 0 radical (unpaired) electrons. The second kappa shape index (κ2) is 7.23. The Balaban J connectivity index is 1.70. The fourth-order valence-corrected chi connectivity index (χ4v) is 5.94. The highest BCUT2D eigenvalue weighted by Crippen LogP contribution is 2.58. The van der Waals surface area contributed by atoms with Crippen molar-refractivity contribution in [2.45, 2.75) is 43.3 Å². The summed E-state index contributed by atoms with van der Waals surface area (Å²) in [6.45, 7) is 3.04. The van der Waals surface area contributed by atoms with Crippen LogP contribution in [0, 0.1) is 10.1 Å². The Hall–Kier alpha value is -3.13. The summed E-state index contributed by atoms with van der Waals surface area (Å²) in [6, 6.07) is 11.7. The van der Waals surface area contributed by atoms with Gasteiger partial charge in [0.1, 0.15) is 0 Å². The highest BCUT2D eigenvalue weighted by Gasteiger charge is 2.73. The molecule has 3 heterocycles. The van der Waals surface area contributed by atoms with E-state index in [0.29, 0.717) is 35.9 Å². The van der Waals surface area contributed by atoms with E-state index in [4.69, 9.17) is 9.47 Å². The third-order valence-electron chi connectivity index (χ3n) is 6.97. The lowest BCUT2D eigenvalue weighted by Gasteiger charge is -2.32. The number of methoxy groups -OCH3 is 1. The average molecular weight is 423 g/mol. The SMILES string of the molecule is CCOc1ccc([C@@H]2[C@@H]3CCCN3[C@@]3(C(=O)Nc4ccccc43)[C@@H]2[N+](=O)[O-])cc1OC. The number of carbonyl (C=O) groups excluding carboxylic acids is 1. The molecule has 0 aromatic heterocycles. The van der Waals surface area contributed by atoms with E-state index in [2.05, 4.69) is 10.2 Å². The van der Waals surface area contributed by atoms with Gasteiger partial charge in [-0.15, -0.1) is 0 Å². The topological polar surface area (TPSA) is 93.9 Å². The molecule has 0 unspecified atom stereocenters. The monoisotopic (exact) mass is 423 g/mol. The predicted molar refractivity (Wildman–Crippen MR) is 114 cm³/mol. The first-order valence-corrected chi connectivity index (χ1v) is 10.7. The number of nitrogens with zero attached hydrogens (tertiary/aromatic N) is 2. The van der Waals surface area contributed by atoms with Crippen molar-refractivity contribution < 1.29 is 19.2 Å². The van der Waals surface area contributed by atoms with Crippen molar-refractivity contribution in [2.24, 2.45) is 0 Å². The smallest absolute Gasteiger partial charge is 0.256 e. The van der Waals surface area contributed by atoms with Crippen molar-refractivity contribution in [1.29, 1.82) is 0 Å². The molecule has 3 aliphatic rings. The van der Waals surface area contributed by atoms with Crippen LogP contribution >= 0.6 is 0 Å². The van der Waals surface area contributed by atoms with Gasteiger partial charge in [0.15, 0.2) is 17.0 Å². The summed E-state index contributed by atoms with van der Waals surface area (Å²) in [5.41, 5.74) is 0.856. The van der Waals surface area contributed by atoms with Gasteiger partial charge in [-0.25, -0.2) is 0 Å². The largest absolute Gasteiger partial charge is 0.493 e. The van der Waals surface area contributed by atoms with Crippen LogP contribution in [-0.2, 0) is 10.3 Å². The Morgan fingerprint density at radius 2 is 2.06 bits per heavy atom. The van der Waals surface area contributed by atoms with Gasteiger partial charge in [-0.2, -0.15) is 0 Å². The van der Waals surface area contributed by atoms with E-state index in [1.165, 1.54) is 0 Å². The Kier molecular flexibility index (Phi) is 4.62. The molecule has 8 heteroatoms. The standard InChI is InChI=1S/C23H25N3O5/c1-3-31-18-11-10-14(13-19(18)30-2)20-17-9-6-12-25(17)23(21(20)26(28)29)15-7-4-5-8-16(15)24-22(23)27/h4-5,7-8,10-11,13,17,20-21H,3,6,9,12H2,1-2H3,(H,24,27)/t17-,20+,21+,23+/m0/s1. The van der Waals surface area contributed by atoms with Crippen molar-refractivity contribution in [2.75, 3.05) is 25.6 Å². The van der Waals surface area contributed by atoms with Crippen LogP contribution < -0.4 is 14.8 Å². The first kappa shape index (κ1) is 19.8. The van der Waals surface area contributed by atoms with Gasteiger partial charge >= 0.3 is 0 Å². The molecule has 2 aromatic rings. The van der Waals surface area contributed by atoms with Gasteiger partial charge in [0, 0.05) is 28.8 Å². The molecule has 0 saturated carbocycles. The normalized spacial score (nSPS) is 29.0. The molecule has 1 N–H and O–H groups in total. The van der Waals surface area contributed by atoms with Crippen molar-refractivity contribution >= 4 is 11.6 Å². The van der Waals surface area contributed by atoms with Crippen LogP contribution in [-0.4, -0.2) is 48.1 Å². The van der Waals surface area contributed by atoms with E-state index in [1.807, 2.05) is 49.4 Å². The quantitative estimate of drug-likeness (QED) is 0.587. The van der Waals surface area contributed by atoms with Gasteiger partial charge in [-0.05, 0) is 43.5 Å². The summed E-state index contributed by atoms with van der Waals surface area (Å²) >= 11 is 0. The highest BCUT2D eigenvalue weighted by molar-refractivity contribution is 6.07. The number of benzene rings is 2. The number of hydrogen-bond acceptors (Lipinski definition) is 6. The zero-order chi connectivity index (χ0) is 21.8. The van der Waals surface area contributed by atoms with Gasteiger partial charge in [0.2, 0.25) is 0 Å². The fourth-order valence-electron chi connectivity index (χ4n) is 5.94. The third kappa shape index (κ3) is 2.61. The van der Waals surface area contributed by atoms with Gasteiger partial charge < -0.3 is 14.8 Å². The zero-order valence-corrected chi connectivity index (χ0v) is 17.5. The Morgan fingerprint density at radius 1 is 1.26 bits per heavy atom. The summed E-state index contributed by atoms with van der Waals surface area (Å²) < 4.78 is 11.1. The lowest BCUT2D eigenvalue weighted by Crippen LogP contribution is -2.55. The number of anilines is 1. The van der Waals surface area contributed by atoms with Crippen LogP contribution in [0.4, 0.5) is 5.69 Å². The molecule has 162 valence electrons. The Labute approximate surface area is 180 Å². The van der Waals surface area contributed by atoms with Crippen LogP contribution in [0.5, 0.6) is 11.5 Å². The number of nitrogens with one attached hydrogen (secondary N) is 1. The summed E-state index contributed by atoms with van der Waals surface area (Å²) in [5, 5.41) is 15.5. The minimum Gasteiger partial charge on any atom is -0.493 e. The maximum atomic E-state index is 13.5. The van der Waals surface area contributed by atoms with Crippen molar-refractivity contribution in [3.8, 4) is 11.5 Å². The van der Waals surface area contributed by atoms with Crippen LogP contribution in [0.25, 0.3) is 0 Å². The van der Waals surface area contributed by atoms with Gasteiger partial charge in [-0.3, -0.25) is 19.8 Å². The summed E-state index contributed by atoms with van der Waals surface area (Å²) in [4.78, 5) is 27.9. The molecule has 1 spiro atoms. The predicted octanol–water partition coefficient (Wildman–Crippen LogP) is 3.15. The lowest BCUT2D eigenvalue weighted by molar-refractivity contribution is -0.534. The van der Waals surface area contributed by atoms with E-state index in [1.54, 1.807) is 7.11 Å². The van der Waals surface area contributed by atoms with Crippen LogP contribution in [0.2, 0.25) is 0 Å². The van der Waals surface area contributed by atoms with E-state index in [-0.39, 0.29) is 16.9 Å². The number of para-hydroxylation sites is 1. The molecule has 0 bridgehead atoms. The molecule has 2 saturated heterocycles. The molecule has 1 amide bonds. The first-order valence-electron chi connectivity index (χ1n) is 10.7. The molecule has 5 rings (SSSR count). The zero-order valence-electron chi connectivity index (χ0n) is 17.5. The lowest BCUT2D eigenvalue weighted by atomic mass is 9.77. The summed E-state index contributed by atoms with van der Waals surface area (Å²) in [6.07, 6.45) is 1.71. The highest BCUT2D eigenvalue weighted by atomic mass is 16.6. The maximum absolute atomic E-state index is 13.5. The Bertz CT molecular complexity index is 1060. The number of amides is 1. The number of carbonyl (C=O) groups is 1. The molecule has 0 aliphatic carbocycles. The molecule has 3 aliphatic heterocycles. The Morgan fingerprint density at radius 3 is 2.81 bits per heavy atom. The minimum absolute atomic E-state index is 0.102. The van der Waals surface area contributed by atoms with E-state index in [9.17, 15) is 14.9 Å². The van der Waals surface area contributed by atoms with E-state index in [0.717, 1.165) is 18.4 Å². The fraction of sp³-hybridized carbons (Fsp3) is 0.435. The maximum Gasteiger partial charge on any atom is 0.256 e. The van der Waals surface area contributed by atoms with Crippen molar-refractivity contribution in [3.05, 3.63) is 63.7 Å². The molecule has 8 nitrogen and oxygen atoms in total. The number of ether oxygens (including phenoxy) is 2. The second-order valence-electron chi connectivity index (χ2n) is 8.27. The third-order valence-corrected chi connectivity index (χ3v) is 6.97. The minimum atomic E-state index is -1.31. The van der Waals surface area contributed by atoms with Gasteiger partial charge in [-0.1, -0.05) is 24.3 Å². The summed E-state index contributed by atoms with van der Waals surface area (Å²) in [5.74, 6) is 0.399. The van der Waals surface area contributed by atoms with E-state index >= 15 is 0 Å². The van der Waals surface area contributed by atoms with Crippen molar-refractivity contribution in [3.63, 3.8) is 0 Å². The molecule has 31 heavy (non-hydrogen) atoms. The van der Waals surface area contributed by atoms with Crippen molar-refractivity contribution in [1.82, 2.24) is 4.90 Å². The summed E-state index contributed by atoms with van der Waals surface area (Å²) in [7, 11) is 1.56. The van der Waals surface area contributed by atoms with Gasteiger partial charge in [0.05, 0.1) is 19.6 Å². The molecular formula is C23H25N3O5. The molecule has 4 atom stereocenters. The first-order chi connectivity index (χ1) is 15.0. The van der Waals surface area contributed by atoms with Gasteiger partial charge in [0.25, 0.3) is 11.9 Å².